The molecule has 1 unspecified atom stereocenters. The molecule has 0 amide bonds. The minimum atomic E-state index is 0.650. The van der Waals surface area contributed by atoms with Gasteiger partial charge in [0.1, 0.15) is 0 Å². The van der Waals surface area contributed by atoms with Crippen molar-refractivity contribution in [1.82, 2.24) is 5.32 Å². The van der Waals surface area contributed by atoms with E-state index in [1.165, 1.54) is 6.42 Å². The first-order chi connectivity index (χ1) is 4.31. The third-order valence-corrected chi connectivity index (χ3v) is 1.49. The molecule has 1 atom stereocenters. The van der Waals surface area contributed by atoms with E-state index >= 15 is 0 Å². The first-order valence-electron chi connectivity index (χ1n) is 3.74. The molecule has 0 aliphatic carbocycles. The molecule has 0 aromatic heterocycles. The molecule has 2 heteroatoms. The molecule has 0 fully saturated rings. The van der Waals surface area contributed by atoms with Crippen LogP contribution in [-0.2, 0) is 0 Å². The first-order valence-corrected chi connectivity index (χ1v) is 3.74. The van der Waals surface area contributed by atoms with Crippen LogP contribution >= 0.6 is 0 Å². The molecule has 0 rings (SSSR count). The van der Waals surface area contributed by atoms with E-state index in [4.69, 9.17) is 5.73 Å². The summed E-state index contributed by atoms with van der Waals surface area (Å²) in [5.41, 5.74) is 5.32. The van der Waals surface area contributed by atoms with Crippen LogP contribution in [0.15, 0.2) is 0 Å². The second kappa shape index (κ2) is 6.05. The van der Waals surface area contributed by atoms with E-state index in [0.29, 0.717) is 6.04 Å². The Morgan fingerprint density at radius 1 is 1.56 bits per heavy atom. The maximum Gasteiger partial charge on any atom is 0.00361 e. The van der Waals surface area contributed by atoms with Crippen LogP contribution in [0.3, 0.4) is 0 Å². The van der Waals surface area contributed by atoms with Crippen molar-refractivity contribution in [3.8, 4) is 0 Å². The van der Waals surface area contributed by atoms with Gasteiger partial charge in [0.15, 0.2) is 0 Å². The van der Waals surface area contributed by atoms with Crippen LogP contribution in [0, 0.1) is 0 Å². The van der Waals surface area contributed by atoms with Crippen molar-refractivity contribution in [1.29, 1.82) is 0 Å². The monoisotopic (exact) mass is 130 g/mol. The summed E-state index contributed by atoms with van der Waals surface area (Å²) in [6.45, 7) is 6.23. The van der Waals surface area contributed by atoms with Crippen LogP contribution < -0.4 is 11.1 Å². The number of rotatable bonds is 5. The predicted molar refractivity (Wildman–Crippen MR) is 41.4 cm³/mol. The molecule has 0 radical (unpaired) electrons. The Kier molecular flexibility index (Phi) is 5.99. The summed E-state index contributed by atoms with van der Waals surface area (Å²) < 4.78 is 0. The first kappa shape index (κ1) is 8.92. The average Bonchev–Trinajstić information content (AvgIpc) is 1.89. The van der Waals surface area contributed by atoms with E-state index in [2.05, 4.69) is 19.2 Å². The van der Waals surface area contributed by atoms with Crippen LogP contribution in [0.2, 0.25) is 0 Å². The second-order valence-electron chi connectivity index (χ2n) is 2.41. The van der Waals surface area contributed by atoms with Gasteiger partial charge in [-0.3, -0.25) is 0 Å². The summed E-state index contributed by atoms with van der Waals surface area (Å²) in [5.74, 6) is 0. The van der Waals surface area contributed by atoms with Crippen LogP contribution in [-0.4, -0.2) is 19.1 Å². The van der Waals surface area contributed by atoms with Crippen molar-refractivity contribution in [2.45, 2.75) is 32.7 Å². The van der Waals surface area contributed by atoms with Gasteiger partial charge in [0.2, 0.25) is 0 Å². The number of hydrogen-bond donors (Lipinski definition) is 2. The minimum absolute atomic E-state index is 0.650. The Bertz CT molecular complexity index is 54.9. The topological polar surface area (TPSA) is 38.0 Å². The SMILES string of the molecule is CCC(C)NCCCN. The second-order valence-corrected chi connectivity index (χ2v) is 2.41. The Morgan fingerprint density at radius 3 is 2.67 bits per heavy atom. The van der Waals surface area contributed by atoms with Gasteiger partial charge in [-0.25, -0.2) is 0 Å². The molecule has 0 spiro atoms. The van der Waals surface area contributed by atoms with Gasteiger partial charge >= 0.3 is 0 Å². The van der Waals surface area contributed by atoms with Crippen LogP contribution in [0.1, 0.15) is 26.7 Å². The van der Waals surface area contributed by atoms with Crippen molar-refractivity contribution in [3.05, 3.63) is 0 Å². The lowest BCUT2D eigenvalue weighted by atomic mass is 10.2. The molecule has 0 aromatic carbocycles. The lowest BCUT2D eigenvalue weighted by molar-refractivity contribution is 0.527. The molecular weight excluding hydrogens is 112 g/mol. The van der Waals surface area contributed by atoms with Gasteiger partial charge in [-0.15, -0.1) is 0 Å². The molecule has 9 heavy (non-hydrogen) atoms. The van der Waals surface area contributed by atoms with Crippen LogP contribution in [0.5, 0.6) is 0 Å². The summed E-state index contributed by atoms with van der Waals surface area (Å²) in [4.78, 5) is 0. The smallest absolute Gasteiger partial charge is 0.00361 e. The maximum atomic E-state index is 5.32. The number of hydrogen-bond acceptors (Lipinski definition) is 2. The fourth-order valence-corrected chi connectivity index (χ4v) is 0.595. The van der Waals surface area contributed by atoms with E-state index in [1.807, 2.05) is 0 Å². The Balaban J connectivity index is 2.88. The summed E-state index contributed by atoms with van der Waals surface area (Å²) in [7, 11) is 0. The zero-order valence-electron chi connectivity index (χ0n) is 6.48. The molecule has 0 aliphatic heterocycles. The highest BCUT2D eigenvalue weighted by Gasteiger charge is 1.93. The van der Waals surface area contributed by atoms with Gasteiger partial charge in [0, 0.05) is 6.04 Å². The lowest BCUT2D eigenvalue weighted by Gasteiger charge is -2.09. The molecular formula is C7H18N2. The molecule has 2 nitrogen and oxygen atoms in total. The largest absolute Gasteiger partial charge is 0.330 e. The minimum Gasteiger partial charge on any atom is -0.330 e. The molecule has 0 aromatic rings. The highest BCUT2D eigenvalue weighted by atomic mass is 14.9. The van der Waals surface area contributed by atoms with Gasteiger partial charge in [-0.05, 0) is 32.9 Å². The quantitative estimate of drug-likeness (QED) is 0.538. The van der Waals surface area contributed by atoms with Crippen molar-refractivity contribution >= 4 is 0 Å². The molecule has 0 heterocycles. The standard InChI is InChI=1S/C7H18N2/c1-3-7(2)9-6-4-5-8/h7,9H,3-6,8H2,1-2H3. The highest BCUT2D eigenvalue weighted by Crippen LogP contribution is 1.86. The van der Waals surface area contributed by atoms with Crippen LogP contribution in [0.4, 0.5) is 0 Å². The highest BCUT2D eigenvalue weighted by molar-refractivity contribution is 4.56. The predicted octanol–water partition coefficient (Wildman–Crippen LogP) is 0.723. The summed E-state index contributed by atoms with van der Waals surface area (Å²) in [6, 6.07) is 0.650. The Hall–Kier alpha value is -0.0800. The maximum absolute atomic E-state index is 5.32. The summed E-state index contributed by atoms with van der Waals surface area (Å²) in [6.07, 6.45) is 2.29. The van der Waals surface area contributed by atoms with E-state index in [9.17, 15) is 0 Å². The van der Waals surface area contributed by atoms with Crippen LogP contribution in [0.25, 0.3) is 0 Å². The van der Waals surface area contributed by atoms with Crippen molar-refractivity contribution in [3.63, 3.8) is 0 Å². The zero-order chi connectivity index (χ0) is 7.11. The van der Waals surface area contributed by atoms with E-state index in [0.717, 1.165) is 19.5 Å². The van der Waals surface area contributed by atoms with Gasteiger partial charge in [-0.2, -0.15) is 0 Å². The average molecular weight is 130 g/mol. The van der Waals surface area contributed by atoms with Crippen molar-refractivity contribution < 1.29 is 0 Å². The molecule has 3 N–H and O–H groups in total. The molecule has 56 valence electrons. The lowest BCUT2D eigenvalue weighted by Crippen LogP contribution is -2.27. The molecule has 0 saturated carbocycles. The van der Waals surface area contributed by atoms with Gasteiger partial charge in [-0.1, -0.05) is 6.92 Å². The summed E-state index contributed by atoms with van der Waals surface area (Å²) in [5, 5.41) is 3.35. The number of nitrogens with one attached hydrogen (secondary N) is 1. The van der Waals surface area contributed by atoms with E-state index in [-0.39, 0.29) is 0 Å². The van der Waals surface area contributed by atoms with Gasteiger partial charge < -0.3 is 11.1 Å². The fourth-order valence-electron chi connectivity index (χ4n) is 0.595. The Morgan fingerprint density at radius 2 is 2.22 bits per heavy atom. The Labute approximate surface area is 57.8 Å². The molecule has 0 bridgehead atoms. The number of nitrogens with two attached hydrogens (primary N) is 1. The summed E-state index contributed by atoms with van der Waals surface area (Å²) >= 11 is 0. The van der Waals surface area contributed by atoms with E-state index < -0.39 is 0 Å². The van der Waals surface area contributed by atoms with Crippen molar-refractivity contribution in [2.24, 2.45) is 5.73 Å². The normalized spacial score (nSPS) is 13.7. The van der Waals surface area contributed by atoms with Crippen molar-refractivity contribution in [2.75, 3.05) is 13.1 Å². The van der Waals surface area contributed by atoms with E-state index in [1.54, 1.807) is 0 Å². The third-order valence-electron chi connectivity index (χ3n) is 1.49. The van der Waals surface area contributed by atoms with Gasteiger partial charge in [0.25, 0.3) is 0 Å². The molecule has 0 aliphatic rings. The molecule has 0 saturated heterocycles. The third kappa shape index (κ3) is 5.80. The fraction of sp³-hybridized carbons (Fsp3) is 1.00. The zero-order valence-corrected chi connectivity index (χ0v) is 6.48. The van der Waals surface area contributed by atoms with Gasteiger partial charge in [0.05, 0.1) is 0 Å².